The van der Waals surface area contributed by atoms with Gasteiger partial charge in [-0.2, -0.15) is 0 Å². The summed E-state index contributed by atoms with van der Waals surface area (Å²) in [4.78, 5) is 11.1. The topological polar surface area (TPSA) is 73.6 Å². The highest BCUT2D eigenvalue weighted by Gasteiger charge is 2.08. The molecule has 0 bridgehead atoms. The molecule has 0 aliphatic carbocycles. The number of nitrogens with one attached hydrogen (secondary N) is 1. The van der Waals surface area contributed by atoms with Crippen LogP contribution in [-0.2, 0) is 4.79 Å². The van der Waals surface area contributed by atoms with Crippen molar-refractivity contribution >= 4 is 12.0 Å². The van der Waals surface area contributed by atoms with Crippen LogP contribution in [0.3, 0.4) is 0 Å². The molecule has 0 saturated carbocycles. The molecule has 0 aliphatic heterocycles. The fourth-order valence-corrected chi connectivity index (χ4v) is 1.51. The zero-order chi connectivity index (χ0) is 15.0. The second-order valence-corrected chi connectivity index (χ2v) is 4.32. The fraction of sp³-hybridized carbons (Fsp3) is 0.400. The number of hydrogen-bond acceptors (Lipinski definition) is 4. The van der Waals surface area contributed by atoms with Gasteiger partial charge in [0.25, 0.3) is 5.91 Å². The van der Waals surface area contributed by atoms with Crippen molar-refractivity contribution in [1.29, 1.82) is 0 Å². The zero-order valence-electron chi connectivity index (χ0n) is 12.2. The van der Waals surface area contributed by atoms with Crippen LogP contribution in [0.5, 0.6) is 11.5 Å². The van der Waals surface area contributed by atoms with E-state index >= 15 is 0 Å². The average Bonchev–Trinajstić information content (AvgIpc) is 2.47. The average molecular weight is 278 g/mol. The predicted octanol–water partition coefficient (Wildman–Crippen LogP) is 2.27. The molecular formula is C15H22N2O3. The molecule has 1 aromatic carbocycles. The third-order valence-electron chi connectivity index (χ3n) is 2.74. The van der Waals surface area contributed by atoms with Crippen molar-refractivity contribution in [2.45, 2.75) is 33.3 Å². The summed E-state index contributed by atoms with van der Waals surface area (Å²) >= 11 is 0. The lowest BCUT2D eigenvalue weighted by atomic mass is 10.2. The minimum absolute atomic E-state index is 0.124. The molecule has 1 atom stereocenters. The summed E-state index contributed by atoms with van der Waals surface area (Å²) < 4.78 is 11.4. The van der Waals surface area contributed by atoms with Gasteiger partial charge in [-0.15, -0.1) is 0 Å². The summed E-state index contributed by atoms with van der Waals surface area (Å²) in [5.74, 6) is 6.03. The predicted molar refractivity (Wildman–Crippen MR) is 79.4 cm³/mol. The molecule has 5 heteroatoms. The van der Waals surface area contributed by atoms with Crippen LogP contribution in [0, 0.1) is 0 Å². The maximum Gasteiger partial charge on any atom is 0.257 e. The van der Waals surface area contributed by atoms with E-state index in [1.165, 1.54) is 6.08 Å². The van der Waals surface area contributed by atoms with Crippen LogP contribution in [0.15, 0.2) is 24.3 Å². The van der Waals surface area contributed by atoms with E-state index in [4.69, 9.17) is 15.3 Å². The lowest BCUT2D eigenvalue weighted by Crippen LogP contribution is -2.27. The molecule has 1 unspecified atom stereocenters. The maximum atomic E-state index is 11.1. The Kier molecular flexibility index (Phi) is 6.59. The number of carbonyl (C=O) groups is 1. The van der Waals surface area contributed by atoms with Crippen molar-refractivity contribution in [2.75, 3.05) is 6.61 Å². The van der Waals surface area contributed by atoms with Gasteiger partial charge in [-0.3, -0.25) is 10.2 Å². The van der Waals surface area contributed by atoms with Gasteiger partial charge in [0.2, 0.25) is 0 Å². The second kappa shape index (κ2) is 8.22. The van der Waals surface area contributed by atoms with Crippen molar-refractivity contribution < 1.29 is 14.3 Å². The summed E-state index contributed by atoms with van der Waals surface area (Å²) in [7, 11) is 0. The Morgan fingerprint density at radius 2 is 2.15 bits per heavy atom. The minimum atomic E-state index is -0.358. The van der Waals surface area contributed by atoms with E-state index in [1.807, 2.05) is 37.5 Å². The van der Waals surface area contributed by atoms with Crippen molar-refractivity contribution in [3.63, 3.8) is 0 Å². The standard InChI is InChI=1S/C15H22N2O3/c1-4-11(3)20-13-8-6-12(7-9-15(18)17-16)10-14(13)19-5-2/h6-11H,4-5,16H2,1-3H3,(H,17,18). The fourth-order valence-electron chi connectivity index (χ4n) is 1.51. The zero-order valence-corrected chi connectivity index (χ0v) is 12.2. The van der Waals surface area contributed by atoms with Gasteiger partial charge >= 0.3 is 0 Å². The Morgan fingerprint density at radius 3 is 2.75 bits per heavy atom. The molecule has 20 heavy (non-hydrogen) atoms. The third-order valence-corrected chi connectivity index (χ3v) is 2.74. The first-order valence-electron chi connectivity index (χ1n) is 6.72. The number of carbonyl (C=O) groups excluding carboxylic acids is 1. The summed E-state index contributed by atoms with van der Waals surface area (Å²) in [6.07, 6.45) is 4.07. The number of amides is 1. The van der Waals surface area contributed by atoms with Crippen LogP contribution in [0.25, 0.3) is 6.08 Å². The second-order valence-electron chi connectivity index (χ2n) is 4.32. The Hall–Kier alpha value is -2.01. The molecule has 1 rings (SSSR count). The highest BCUT2D eigenvalue weighted by molar-refractivity contribution is 5.91. The van der Waals surface area contributed by atoms with E-state index < -0.39 is 0 Å². The lowest BCUT2D eigenvalue weighted by Gasteiger charge is -2.16. The molecular weight excluding hydrogens is 256 g/mol. The van der Waals surface area contributed by atoms with Crippen LogP contribution in [-0.4, -0.2) is 18.6 Å². The van der Waals surface area contributed by atoms with E-state index in [0.717, 1.165) is 12.0 Å². The van der Waals surface area contributed by atoms with Crippen molar-refractivity contribution in [3.8, 4) is 11.5 Å². The van der Waals surface area contributed by atoms with Crippen molar-refractivity contribution in [2.24, 2.45) is 5.84 Å². The van der Waals surface area contributed by atoms with E-state index in [9.17, 15) is 4.79 Å². The Balaban J connectivity index is 2.94. The third kappa shape index (κ3) is 4.93. The Morgan fingerprint density at radius 1 is 1.40 bits per heavy atom. The Bertz CT molecular complexity index is 472. The normalized spacial score (nSPS) is 12.2. The molecule has 5 nitrogen and oxygen atoms in total. The van der Waals surface area contributed by atoms with Gasteiger partial charge in [-0.1, -0.05) is 13.0 Å². The van der Waals surface area contributed by atoms with Gasteiger partial charge in [0.15, 0.2) is 11.5 Å². The van der Waals surface area contributed by atoms with Gasteiger partial charge < -0.3 is 9.47 Å². The molecule has 0 spiro atoms. The smallest absolute Gasteiger partial charge is 0.257 e. The van der Waals surface area contributed by atoms with Gasteiger partial charge in [-0.25, -0.2) is 5.84 Å². The molecule has 3 N–H and O–H groups in total. The van der Waals surface area contributed by atoms with Crippen LogP contribution in [0.4, 0.5) is 0 Å². The van der Waals surface area contributed by atoms with Crippen LogP contribution in [0.1, 0.15) is 32.8 Å². The number of hydrogen-bond donors (Lipinski definition) is 2. The molecule has 110 valence electrons. The molecule has 0 saturated heterocycles. The summed E-state index contributed by atoms with van der Waals surface area (Å²) in [6, 6.07) is 5.54. The van der Waals surface area contributed by atoms with Gasteiger partial charge in [0.05, 0.1) is 12.7 Å². The summed E-state index contributed by atoms with van der Waals surface area (Å²) in [6.45, 7) is 6.54. The van der Waals surface area contributed by atoms with Crippen LogP contribution < -0.4 is 20.7 Å². The molecule has 0 fully saturated rings. The SMILES string of the molecule is CCOc1cc(C=CC(=O)NN)ccc1OC(C)CC. The quantitative estimate of drug-likeness (QED) is 0.347. The minimum Gasteiger partial charge on any atom is -0.490 e. The molecule has 0 aromatic heterocycles. The number of nitrogens with two attached hydrogens (primary N) is 1. The maximum absolute atomic E-state index is 11.1. The largest absolute Gasteiger partial charge is 0.490 e. The first-order valence-corrected chi connectivity index (χ1v) is 6.72. The lowest BCUT2D eigenvalue weighted by molar-refractivity contribution is -0.116. The van der Waals surface area contributed by atoms with E-state index in [2.05, 4.69) is 6.92 Å². The van der Waals surface area contributed by atoms with Crippen molar-refractivity contribution in [3.05, 3.63) is 29.8 Å². The first kappa shape index (κ1) is 16.0. The molecule has 0 heterocycles. The van der Waals surface area contributed by atoms with E-state index in [1.54, 1.807) is 6.08 Å². The first-order chi connectivity index (χ1) is 9.60. The Labute approximate surface area is 119 Å². The van der Waals surface area contributed by atoms with Crippen molar-refractivity contribution in [1.82, 2.24) is 5.43 Å². The summed E-state index contributed by atoms with van der Waals surface area (Å²) in [5.41, 5.74) is 2.88. The van der Waals surface area contributed by atoms with E-state index in [-0.39, 0.29) is 12.0 Å². The van der Waals surface area contributed by atoms with Gasteiger partial charge in [-0.05, 0) is 44.0 Å². The molecule has 1 amide bonds. The highest BCUT2D eigenvalue weighted by Crippen LogP contribution is 2.30. The van der Waals surface area contributed by atoms with Gasteiger partial charge in [0.1, 0.15) is 0 Å². The van der Waals surface area contributed by atoms with Crippen LogP contribution >= 0.6 is 0 Å². The molecule has 1 aromatic rings. The van der Waals surface area contributed by atoms with E-state index in [0.29, 0.717) is 18.1 Å². The van der Waals surface area contributed by atoms with Gasteiger partial charge in [0, 0.05) is 6.08 Å². The van der Waals surface area contributed by atoms with Crippen LogP contribution in [0.2, 0.25) is 0 Å². The number of ether oxygens (including phenoxy) is 2. The molecule has 0 aliphatic rings. The highest BCUT2D eigenvalue weighted by atomic mass is 16.5. The molecule has 0 radical (unpaired) electrons. The number of hydrazine groups is 1. The number of benzene rings is 1. The summed E-state index contributed by atoms with van der Waals surface area (Å²) in [5, 5.41) is 0. The monoisotopic (exact) mass is 278 g/mol. The number of rotatable bonds is 7.